The monoisotopic (exact) mass is 950 g/mol. The van der Waals surface area contributed by atoms with Crippen LogP contribution in [0.2, 0.25) is 0 Å². The van der Waals surface area contributed by atoms with Crippen LogP contribution in [0.15, 0.2) is 170 Å². The van der Waals surface area contributed by atoms with E-state index in [0.717, 1.165) is 19.3 Å². The molecule has 8 aromatic rings. The summed E-state index contributed by atoms with van der Waals surface area (Å²) in [4.78, 5) is 8.51. The molecule has 2 aliphatic carbocycles. The van der Waals surface area contributed by atoms with Crippen molar-refractivity contribution in [1.29, 1.82) is 0 Å². The van der Waals surface area contributed by atoms with Crippen molar-refractivity contribution in [2.75, 3.05) is 14.7 Å². The molecule has 4 atom stereocenters. The van der Waals surface area contributed by atoms with Gasteiger partial charge in [0.2, 0.25) is 0 Å². The second-order valence-electron chi connectivity index (χ2n) is 24.6. The fourth-order valence-corrected chi connectivity index (χ4v) is 16.3. The van der Waals surface area contributed by atoms with Crippen LogP contribution in [0.5, 0.6) is 0 Å². The van der Waals surface area contributed by atoms with Crippen LogP contribution in [-0.2, 0) is 16.2 Å². The minimum Gasteiger partial charge on any atom is -0.335 e. The molecule has 362 valence electrons. The molecule has 0 bridgehead atoms. The molecule has 73 heavy (non-hydrogen) atoms. The van der Waals surface area contributed by atoms with Gasteiger partial charge in [0.15, 0.2) is 0 Å². The van der Waals surface area contributed by atoms with Crippen LogP contribution in [0.3, 0.4) is 0 Å². The highest BCUT2D eigenvalue weighted by atomic mass is 15.3. The van der Waals surface area contributed by atoms with Crippen LogP contribution in [0.1, 0.15) is 126 Å². The Hall–Kier alpha value is -6.78. The molecule has 0 amide bonds. The van der Waals surface area contributed by atoms with Crippen molar-refractivity contribution in [3.8, 4) is 22.3 Å². The molecule has 0 aromatic heterocycles. The molecule has 2 saturated carbocycles. The first-order valence-corrected chi connectivity index (χ1v) is 27.6. The summed E-state index contributed by atoms with van der Waals surface area (Å²) < 4.78 is 0. The van der Waals surface area contributed by atoms with Gasteiger partial charge in [0, 0.05) is 50.6 Å². The normalized spacial score (nSPS) is 24.1. The lowest BCUT2D eigenvalue weighted by atomic mass is 9.32. The second kappa shape index (κ2) is 15.6. The van der Waals surface area contributed by atoms with Crippen LogP contribution in [0.25, 0.3) is 22.3 Å². The molecule has 14 rings (SSSR count). The molecular formula is C69H68BN3. The molecule has 4 aliphatic heterocycles. The van der Waals surface area contributed by atoms with Gasteiger partial charge >= 0.3 is 0 Å². The largest absolute Gasteiger partial charge is 0.335 e. The first kappa shape index (κ1) is 44.9. The van der Waals surface area contributed by atoms with Gasteiger partial charge in [0.05, 0.1) is 11.1 Å². The molecule has 4 unspecified atom stereocenters. The van der Waals surface area contributed by atoms with Crippen molar-refractivity contribution < 1.29 is 0 Å². The molecule has 0 radical (unpaired) electrons. The average molecular weight is 950 g/mol. The summed E-state index contributed by atoms with van der Waals surface area (Å²) >= 11 is 0. The number of hydrogen-bond acceptors (Lipinski definition) is 3. The van der Waals surface area contributed by atoms with E-state index in [1.54, 1.807) is 5.56 Å². The fraction of sp³-hybridized carbons (Fsp3) is 0.304. The predicted molar refractivity (Wildman–Crippen MR) is 310 cm³/mol. The van der Waals surface area contributed by atoms with Crippen LogP contribution in [0.4, 0.5) is 39.8 Å². The summed E-state index contributed by atoms with van der Waals surface area (Å²) in [6.07, 6.45) is 9.52. The zero-order valence-corrected chi connectivity index (χ0v) is 44.2. The van der Waals surface area contributed by atoms with E-state index in [0.29, 0.717) is 0 Å². The molecule has 4 heteroatoms. The quantitative estimate of drug-likeness (QED) is 0.159. The van der Waals surface area contributed by atoms with E-state index in [1.165, 1.54) is 138 Å². The molecule has 6 aliphatic rings. The highest BCUT2D eigenvalue weighted by molar-refractivity contribution is 7.00. The van der Waals surface area contributed by atoms with Crippen LogP contribution >= 0.6 is 0 Å². The minimum absolute atomic E-state index is 0.00736. The Balaban J connectivity index is 1.10. The Kier molecular flexibility index (Phi) is 9.61. The third kappa shape index (κ3) is 5.96. The number of rotatable bonds is 5. The number of aryl methyl sites for hydroxylation is 2. The molecule has 0 N–H and O–H groups in total. The van der Waals surface area contributed by atoms with Crippen molar-refractivity contribution in [3.05, 3.63) is 203 Å². The van der Waals surface area contributed by atoms with Gasteiger partial charge in [-0.25, -0.2) is 0 Å². The minimum atomic E-state index is -0.232. The zero-order valence-electron chi connectivity index (χ0n) is 44.2. The standard InChI is InChI=1S/C69H68BN3/c1-45-40-46(2)62-64-61(45)66(6)36-18-19-37-67(66,7)73(64)60-44-54(72-57-35-31-52(65(3,4)5)42-55(57)69(51-26-16-11-17-27-51)39-21-20-38-68(69,72)8)43-59-63(60)70(62)56-41-50(48-24-14-10-15-25-48)30-34-58(56)71(59)53-32-28-49(29-33-53)47-22-12-9-13-23-47/h9-17,22-35,40-44H,18-21,36-39H2,1-8H3. The summed E-state index contributed by atoms with van der Waals surface area (Å²) in [6, 6.07) is 66.0. The van der Waals surface area contributed by atoms with Gasteiger partial charge in [-0.3, -0.25) is 0 Å². The van der Waals surface area contributed by atoms with Gasteiger partial charge in [-0.05, 0) is 162 Å². The molecule has 2 fully saturated rings. The topological polar surface area (TPSA) is 9.72 Å². The molecular weight excluding hydrogens is 882 g/mol. The Morgan fingerprint density at radius 3 is 1.75 bits per heavy atom. The van der Waals surface area contributed by atoms with Crippen LogP contribution in [0, 0.1) is 13.8 Å². The van der Waals surface area contributed by atoms with Gasteiger partial charge in [-0.2, -0.15) is 0 Å². The van der Waals surface area contributed by atoms with E-state index >= 15 is 0 Å². The Morgan fingerprint density at radius 2 is 1.05 bits per heavy atom. The van der Waals surface area contributed by atoms with Gasteiger partial charge in [0.1, 0.15) is 0 Å². The maximum atomic E-state index is 2.96. The summed E-state index contributed by atoms with van der Waals surface area (Å²) in [5.41, 5.74) is 26.9. The number of benzene rings is 8. The smallest absolute Gasteiger partial charge is 0.252 e. The van der Waals surface area contributed by atoms with Crippen LogP contribution < -0.4 is 31.1 Å². The highest BCUT2D eigenvalue weighted by Gasteiger charge is 2.64. The Labute approximate surface area is 435 Å². The van der Waals surface area contributed by atoms with E-state index in [9.17, 15) is 0 Å². The zero-order chi connectivity index (χ0) is 49.8. The second-order valence-corrected chi connectivity index (χ2v) is 24.6. The number of fused-ring (bicyclic) bond motifs is 10. The molecule has 0 saturated heterocycles. The van der Waals surface area contributed by atoms with Crippen molar-refractivity contribution in [1.82, 2.24) is 0 Å². The van der Waals surface area contributed by atoms with E-state index in [4.69, 9.17) is 0 Å². The Morgan fingerprint density at radius 1 is 0.466 bits per heavy atom. The van der Waals surface area contributed by atoms with Crippen molar-refractivity contribution >= 4 is 62.9 Å². The highest BCUT2D eigenvalue weighted by Crippen LogP contribution is 2.67. The summed E-state index contributed by atoms with van der Waals surface area (Å²) in [6.45, 7) is 20.0. The van der Waals surface area contributed by atoms with Crippen molar-refractivity contribution in [2.45, 2.75) is 134 Å². The van der Waals surface area contributed by atoms with E-state index < -0.39 is 0 Å². The number of nitrogens with zero attached hydrogens (tertiary/aromatic N) is 3. The van der Waals surface area contributed by atoms with Gasteiger partial charge in [-0.15, -0.1) is 0 Å². The first-order valence-electron chi connectivity index (χ1n) is 27.6. The van der Waals surface area contributed by atoms with E-state index in [1.807, 2.05) is 0 Å². The third-order valence-corrected chi connectivity index (χ3v) is 19.9. The van der Waals surface area contributed by atoms with Gasteiger partial charge < -0.3 is 14.7 Å². The van der Waals surface area contributed by atoms with Crippen molar-refractivity contribution in [2.24, 2.45) is 0 Å². The van der Waals surface area contributed by atoms with Gasteiger partial charge in [0.25, 0.3) is 6.71 Å². The third-order valence-electron chi connectivity index (χ3n) is 19.9. The van der Waals surface area contributed by atoms with E-state index in [-0.39, 0.29) is 34.0 Å². The molecule has 0 spiro atoms. The lowest BCUT2D eigenvalue weighted by Gasteiger charge is -2.54. The summed E-state index contributed by atoms with van der Waals surface area (Å²) in [7, 11) is 0. The molecule has 4 heterocycles. The molecule has 3 nitrogen and oxygen atoms in total. The maximum Gasteiger partial charge on any atom is 0.252 e. The molecule has 8 aromatic carbocycles. The van der Waals surface area contributed by atoms with E-state index in [2.05, 4.69) is 240 Å². The lowest BCUT2D eigenvalue weighted by Crippen LogP contribution is -2.65. The average Bonchev–Trinajstić information content (AvgIpc) is 3.82. The number of hydrogen-bond donors (Lipinski definition) is 0. The summed E-state index contributed by atoms with van der Waals surface area (Å²) in [5.74, 6) is 0. The first-order chi connectivity index (χ1) is 35.3. The SMILES string of the molecule is Cc1cc(C)c2c3c1B1c4cc(-c5ccccc5)ccc4N(c4ccc(-c5ccccc5)cc4)c4cc(N5c6ccc(C(C)(C)C)cc6C6(c7ccccc7)CCCCC56C)cc(c41)N3C1(C)CCCCC21C. The lowest BCUT2D eigenvalue weighted by molar-refractivity contribution is 0.194. The van der Waals surface area contributed by atoms with Crippen molar-refractivity contribution in [3.63, 3.8) is 0 Å². The summed E-state index contributed by atoms with van der Waals surface area (Å²) in [5, 5.41) is 0. The number of anilines is 7. The van der Waals surface area contributed by atoms with Gasteiger partial charge in [-0.1, -0.05) is 192 Å². The fourth-order valence-electron chi connectivity index (χ4n) is 16.3. The maximum absolute atomic E-state index is 2.96. The van der Waals surface area contributed by atoms with Crippen LogP contribution in [-0.4, -0.2) is 17.8 Å². The predicted octanol–water partition coefficient (Wildman–Crippen LogP) is 16.1. The Bertz CT molecular complexity index is 3540.